The zero-order chi connectivity index (χ0) is 8.67. The topological polar surface area (TPSA) is 27.8 Å². The van der Waals surface area contributed by atoms with Crippen LogP contribution in [0.3, 0.4) is 0 Å². The quantitative estimate of drug-likeness (QED) is 0.671. The molecule has 1 aliphatic carbocycles. The molecular weight excluding hydrogens is 160 g/mol. The van der Waals surface area contributed by atoms with Crippen LogP contribution in [0.4, 0.5) is 0 Å². The Morgan fingerprint density at radius 3 is 3.15 bits per heavy atom. The van der Waals surface area contributed by atoms with Crippen LogP contribution in [-0.4, -0.2) is 17.6 Å². The van der Waals surface area contributed by atoms with Gasteiger partial charge in [-0.25, -0.2) is 0 Å². The molecule has 3 atom stereocenters. The van der Waals surface area contributed by atoms with Crippen molar-refractivity contribution in [3.63, 3.8) is 0 Å². The number of hydrogen-bond acceptors (Lipinski definition) is 1. The first-order valence-corrected chi connectivity index (χ1v) is 5.29. The van der Waals surface area contributed by atoms with Gasteiger partial charge in [-0.3, -0.25) is 0 Å². The molecule has 70 valence electrons. The summed E-state index contributed by atoms with van der Waals surface area (Å²) in [6.45, 7) is 1.24. The second kappa shape index (κ2) is 2.88. The number of aromatic amines is 1. The number of nitrogens with one attached hydrogen (secondary N) is 2. The Labute approximate surface area is 78.7 Å². The summed E-state index contributed by atoms with van der Waals surface area (Å²) in [6, 6.07) is 3.07. The number of H-pyrrole nitrogens is 1. The molecule has 3 unspecified atom stereocenters. The maximum atomic E-state index is 3.60. The molecule has 2 N–H and O–H groups in total. The normalized spacial score (nSPS) is 38.0. The first kappa shape index (κ1) is 7.63. The molecule has 2 nitrogen and oxygen atoms in total. The molecule has 2 bridgehead atoms. The molecule has 0 amide bonds. The number of hydrogen-bond donors (Lipinski definition) is 2. The molecule has 1 aromatic heterocycles. The van der Waals surface area contributed by atoms with Crippen LogP contribution in [0.15, 0.2) is 18.5 Å². The Bertz CT molecular complexity index is 278. The van der Waals surface area contributed by atoms with Crippen LogP contribution >= 0.6 is 0 Å². The summed E-state index contributed by atoms with van der Waals surface area (Å²) in [5.74, 6) is 1.71. The third-order valence-corrected chi connectivity index (χ3v) is 3.70. The largest absolute Gasteiger partial charge is 0.367 e. The van der Waals surface area contributed by atoms with E-state index in [9.17, 15) is 0 Å². The molecule has 2 heteroatoms. The van der Waals surface area contributed by atoms with Crippen LogP contribution in [0.2, 0.25) is 0 Å². The van der Waals surface area contributed by atoms with Crippen LogP contribution in [0.5, 0.6) is 0 Å². The highest BCUT2D eigenvalue weighted by atomic mass is 15.0. The molecule has 1 saturated heterocycles. The Kier molecular flexibility index (Phi) is 1.69. The highest BCUT2D eigenvalue weighted by Gasteiger charge is 2.36. The van der Waals surface area contributed by atoms with Gasteiger partial charge < -0.3 is 10.3 Å². The summed E-state index contributed by atoms with van der Waals surface area (Å²) in [5.41, 5.74) is 1.52. The molecule has 1 aromatic rings. The van der Waals surface area contributed by atoms with Crippen molar-refractivity contribution in [1.82, 2.24) is 10.3 Å². The van der Waals surface area contributed by atoms with Crippen LogP contribution in [0.25, 0.3) is 0 Å². The molecule has 0 spiro atoms. The van der Waals surface area contributed by atoms with E-state index in [0.717, 1.165) is 17.9 Å². The van der Waals surface area contributed by atoms with Crippen molar-refractivity contribution >= 4 is 0 Å². The second-order valence-corrected chi connectivity index (χ2v) is 4.43. The van der Waals surface area contributed by atoms with Crippen molar-refractivity contribution in [3.05, 3.63) is 24.0 Å². The molecule has 0 aromatic carbocycles. The zero-order valence-corrected chi connectivity index (χ0v) is 7.79. The number of aromatic nitrogens is 1. The summed E-state index contributed by atoms with van der Waals surface area (Å²) in [5, 5.41) is 3.60. The van der Waals surface area contributed by atoms with Crippen LogP contribution in [0, 0.1) is 5.92 Å². The molecular formula is C11H16N2. The molecule has 1 aliphatic heterocycles. The van der Waals surface area contributed by atoms with Crippen molar-refractivity contribution in [2.24, 2.45) is 5.92 Å². The fraction of sp³-hybridized carbons (Fsp3) is 0.636. The lowest BCUT2D eigenvalue weighted by Crippen LogP contribution is -2.22. The average molecular weight is 176 g/mol. The Morgan fingerprint density at radius 2 is 2.31 bits per heavy atom. The monoisotopic (exact) mass is 176 g/mol. The van der Waals surface area contributed by atoms with E-state index in [0.29, 0.717) is 0 Å². The highest BCUT2D eigenvalue weighted by Crippen LogP contribution is 2.40. The second-order valence-electron chi connectivity index (χ2n) is 4.43. The first-order valence-electron chi connectivity index (χ1n) is 5.29. The molecule has 1 saturated carbocycles. The summed E-state index contributed by atoms with van der Waals surface area (Å²) >= 11 is 0. The summed E-state index contributed by atoms with van der Waals surface area (Å²) < 4.78 is 0. The Balaban J connectivity index is 1.84. The van der Waals surface area contributed by atoms with Crippen LogP contribution in [0.1, 0.15) is 30.7 Å². The van der Waals surface area contributed by atoms with E-state index in [1.54, 1.807) is 0 Å². The van der Waals surface area contributed by atoms with E-state index in [-0.39, 0.29) is 0 Å². The van der Waals surface area contributed by atoms with Gasteiger partial charge in [0.25, 0.3) is 0 Å². The highest BCUT2D eigenvalue weighted by molar-refractivity contribution is 5.18. The predicted octanol–water partition coefficient (Wildman–Crippen LogP) is 1.87. The van der Waals surface area contributed by atoms with Gasteiger partial charge in [-0.1, -0.05) is 0 Å². The maximum Gasteiger partial charge on any atom is 0.00707 e. The van der Waals surface area contributed by atoms with E-state index in [1.165, 1.54) is 31.4 Å². The fourth-order valence-electron chi connectivity index (χ4n) is 3.00. The minimum Gasteiger partial charge on any atom is -0.367 e. The van der Waals surface area contributed by atoms with Crippen LogP contribution in [-0.2, 0) is 0 Å². The van der Waals surface area contributed by atoms with Gasteiger partial charge in [0.15, 0.2) is 0 Å². The van der Waals surface area contributed by atoms with E-state index < -0.39 is 0 Å². The summed E-state index contributed by atoms with van der Waals surface area (Å²) in [7, 11) is 0. The Hall–Kier alpha value is -0.760. The van der Waals surface area contributed by atoms with Gasteiger partial charge in [0.1, 0.15) is 0 Å². The van der Waals surface area contributed by atoms with Gasteiger partial charge in [0.2, 0.25) is 0 Å². The van der Waals surface area contributed by atoms with Gasteiger partial charge in [0.05, 0.1) is 0 Å². The van der Waals surface area contributed by atoms with Crippen molar-refractivity contribution in [1.29, 1.82) is 0 Å². The van der Waals surface area contributed by atoms with Gasteiger partial charge in [-0.15, -0.1) is 0 Å². The van der Waals surface area contributed by atoms with Crippen molar-refractivity contribution in [2.45, 2.75) is 31.2 Å². The van der Waals surface area contributed by atoms with Gasteiger partial charge in [0, 0.05) is 18.4 Å². The standard InChI is InChI=1S/C11H16N2/c1-2-11(8-3-4-12-6-8)9-5-10(1)13-7-9/h3-4,6,9-13H,1-2,5,7H2. The van der Waals surface area contributed by atoms with Gasteiger partial charge >= 0.3 is 0 Å². The first-order chi connectivity index (χ1) is 6.43. The van der Waals surface area contributed by atoms with Gasteiger partial charge in [-0.05, 0) is 49.3 Å². The lowest BCUT2D eigenvalue weighted by Gasteiger charge is -2.27. The number of rotatable bonds is 1. The third-order valence-electron chi connectivity index (χ3n) is 3.70. The molecule has 3 rings (SSSR count). The van der Waals surface area contributed by atoms with Gasteiger partial charge in [-0.2, -0.15) is 0 Å². The lowest BCUT2D eigenvalue weighted by atomic mass is 9.77. The summed E-state index contributed by atoms with van der Waals surface area (Å²) in [6.07, 6.45) is 8.36. The molecule has 2 heterocycles. The smallest absolute Gasteiger partial charge is 0.00707 e. The summed E-state index contributed by atoms with van der Waals surface area (Å²) in [4.78, 5) is 3.16. The predicted molar refractivity (Wildman–Crippen MR) is 52.7 cm³/mol. The SMILES string of the molecule is c1cc(C2CCC3CC2CN3)c[nH]1. The van der Waals surface area contributed by atoms with Crippen LogP contribution < -0.4 is 5.32 Å². The van der Waals surface area contributed by atoms with Crippen molar-refractivity contribution in [2.75, 3.05) is 6.54 Å². The van der Waals surface area contributed by atoms with Crippen molar-refractivity contribution in [3.8, 4) is 0 Å². The zero-order valence-electron chi connectivity index (χ0n) is 7.79. The van der Waals surface area contributed by atoms with Crippen molar-refractivity contribution < 1.29 is 0 Å². The minimum atomic E-state index is 0.817. The van der Waals surface area contributed by atoms with E-state index in [4.69, 9.17) is 0 Å². The van der Waals surface area contributed by atoms with E-state index >= 15 is 0 Å². The molecule has 0 radical (unpaired) electrons. The fourth-order valence-corrected chi connectivity index (χ4v) is 3.00. The number of fused-ring (bicyclic) bond motifs is 2. The Morgan fingerprint density at radius 1 is 1.31 bits per heavy atom. The lowest BCUT2D eigenvalue weighted by molar-refractivity contribution is 0.356. The molecule has 2 fully saturated rings. The molecule has 2 aliphatic rings. The minimum absolute atomic E-state index is 0.817. The average Bonchev–Trinajstić information content (AvgIpc) is 2.77. The maximum absolute atomic E-state index is 3.60. The third kappa shape index (κ3) is 1.20. The molecule has 13 heavy (non-hydrogen) atoms. The van der Waals surface area contributed by atoms with E-state index in [2.05, 4.69) is 22.6 Å². The van der Waals surface area contributed by atoms with E-state index in [1.807, 2.05) is 6.20 Å².